The van der Waals surface area contributed by atoms with E-state index in [1.165, 1.54) is 17.8 Å². The van der Waals surface area contributed by atoms with Gasteiger partial charge in [-0.3, -0.25) is 9.36 Å². The number of anilines is 1. The molecule has 0 aromatic carbocycles. The first-order valence-electron chi connectivity index (χ1n) is 7.66. The van der Waals surface area contributed by atoms with Crippen LogP contribution in [0.25, 0.3) is 20.4 Å². The average molecular weight is 331 g/mol. The van der Waals surface area contributed by atoms with Gasteiger partial charge in [-0.1, -0.05) is 0 Å². The molecule has 1 fully saturated rings. The Bertz CT molecular complexity index is 915. The van der Waals surface area contributed by atoms with Crippen molar-refractivity contribution in [1.82, 2.24) is 19.5 Å². The quantitative estimate of drug-likeness (QED) is 0.770. The standard InChI is InChI=1S/C15H17N5O2S/c1-22-6-5-20-8-18-11-10-13(19-9-3-2-4-9)16-7-17-14(10)23-12(11)15(20)21/h7-9H,2-6H2,1H3,(H,16,17,19). The Morgan fingerprint density at radius 1 is 1.39 bits per heavy atom. The largest absolute Gasteiger partial charge is 0.383 e. The molecule has 0 saturated heterocycles. The summed E-state index contributed by atoms with van der Waals surface area (Å²) in [5.41, 5.74) is 0.635. The van der Waals surface area contributed by atoms with Gasteiger partial charge in [-0.15, -0.1) is 11.3 Å². The first kappa shape index (κ1) is 14.5. The summed E-state index contributed by atoms with van der Waals surface area (Å²) in [4.78, 5) is 26.6. The predicted octanol–water partition coefficient (Wildman–Crippen LogP) is 2.01. The summed E-state index contributed by atoms with van der Waals surface area (Å²) in [6, 6.07) is 0.463. The number of nitrogens with zero attached hydrogens (tertiary/aromatic N) is 4. The van der Waals surface area contributed by atoms with Gasteiger partial charge in [-0.25, -0.2) is 15.0 Å². The molecule has 1 N–H and O–H groups in total. The highest BCUT2D eigenvalue weighted by molar-refractivity contribution is 7.25. The maximum atomic E-state index is 12.6. The Hall–Kier alpha value is -2.06. The molecule has 1 aliphatic rings. The van der Waals surface area contributed by atoms with Gasteiger partial charge in [0, 0.05) is 13.2 Å². The first-order chi connectivity index (χ1) is 11.3. The van der Waals surface area contributed by atoms with Crippen LogP contribution in [0.4, 0.5) is 5.82 Å². The van der Waals surface area contributed by atoms with Crippen molar-refractivity contribution in [1.29, 1.82) is 0 Å². The Morgan fingerprint density at radius 3 is 3.00 bits per heavy atom. The second-order valence-electron chi connectivity index (χ2n) is 5.69. The van der Waals surface area contributed by atoms with E-state index in [0.29, 0.717) is 29.4 Å². The van der Waals surface area contributed by atoms with Crippen molar-refractivity contribution >= 4 is 37.6 Å². The second-order valence-corrected chi connectivity index (χ2v) is 6.69. The van der Waals surface area contributed by atoms with Gasteiger partial charge in [0.1, 0.15) is 27.2 Å². The number of hydrogen-bond acceptors (Lipinski definition) is 7. The van der Waals surface area contributed by atoms with Crippen molar-refractivity contribution in [3.8, 4) is 0 Å². The third-order valence-corrected chi connectivity index (χ3v) is 5.30. The topological polar surface area (TPSA) is 81.9 Å². The van der Waals surface area contributed by atoms with Crippen LogP contribution in [0.15, 0.2) is 17.4 Å². The summed E-state index contributed by atoms with van der Waals surface area (Å²) in [5, 5.41) is 4.31. The summed E-state index contributed by atoms with van der Waals surface area (Å²) < 4.78 is 7.24. The van der Waals surface area contributed by atoms with E-state index in [9.17, 15) is 4.79 Å². The van der Waals surface area contributed by atoms with Crippen molar-refractivity contribution in [3.05, 3.63) is 23.0 Å². The van der Waals surface area contributed by atoms with Gasteiger partial charge < -0.3 is 10.1 Å². The number of nitrogens with one attached hydrogen (secondary N) is 1. The normalized spacial score (nSPS) is 15.2. The summed E-state index contributed by atoms with van der Waals surface area (Å²) >= 11 is 1.38. The van der Waals surface area contributed by atoms with E-state index in [1.54, 1.807) is 24.3 Å². The fraction of sp³-hybridized carbons (Fsp3) is 0.467. The molecule has 23 heavy (non-hydrogen) atoms. The predicted molar refractivity (Wildman–Crippen MR) is 90.1 cm³/mol. The van der Waals surface area contributed by atoms with Gasteiger partial charge in [0.2, 0.25) is 0 Å². The molecule has 1 saturated carbocycles. The van der Waals surface area contributed by atoms with Crippen LogP contribution in [0.5, 0.6) is 0 Å². The Morgan fingerprint density at radius 2 is 2.26 bits per heavy atom. The van der Waals surface area contributed by atoms with E-state index in [4.69, 9.17) is 4.74 Å². The summed E-state index contributed by atoms with van der Waals surface area (Å²) in [6.45, 7) is 0.970. The van der Waals surface area contributed by atoms with Crippen LogP contribution in [0.1, 0.15) is 19.3 Å². The molecule has 0 spiro atoms. The van der Waals surface area contributed by atoms with E-state index >= 15 is 0 Å². The number of thiophene rings is 1. The number of ether oxygens (including phenoxy) is 1. The molecule has 3 heterocycles. The SMILES string of the molecule is COCCn1cnc2c(sc3ncnc(NC4CCC4)c32)c1=O. The highest BCUT2D eigenvalue weighted by Gasteiger charge is 2.21. The fourth-order valence-electron chi connectivity index (χ4n) is 2.70. The zero-order valence-electron chi connectivity index (χ0n) is 12.8. The lowest BCUT2D eigenvalue weighted by molar-refractivity contribution is 0.186. The van der Waals surface area contributed by atoms with Crippen LogP contribution in [0.2, 0.25) is 0 Å². The minimum atomic E-state index is -0.0513. The molecule has 8 heteroatoms. The van der Waals surface area contributed by atoms with Crippen LogP contribution in [-0.4, -0.2) is 39.3 Å². The molecular formula is C15H17N5O2S. The fourth-order valence-corrected chi connectivity index (χ4v) is 3.75. The molecule has 0 amide bonds. The van der Waals surface area contributed by atoms with Crippen molar-refractivity contribution in [2.75, 3.05) is 19.0 Å². The molecule has 3 aromatic heterocycles. The van der Waals surface area contributed by atoms with Crippen LogP contribution in [0.3, 0.4) is 0 Å². The highest BCUT2D eigenvalue weighted by Crippen LogP contribution is 2.34. The Balaban J connectivity index is 1.85. The lowest BCUT2D eigenvalue weighted by Crippen LogP contribution is -2.27. The first-order valence-corrected chi connectivity index (χ1v) is 8.47. The minimum Gasteiger partial charge on any atom is -0.383 e. The van der Waals surface area contributed by atoms with Crippen molar-refractivity contribution in [3.63, 3.8) is 0 Å². The van der Waals surface area contributed by atoms with Gasteiger partial charge >= 0.3 is 0 Å². The van der Waals surface area contributed by atoms with Crippen LogP contribution in [0, 0.1) is 0 Å². The summed E-state index contributed by atoms with van der Waals surface area (Å²) in [6.07, 6.45) is 6.69. The maximum Gasteiger partial charge on any atom is 0.271 e. The molecule has 1 aliphatic carbocycles. The van der Waals surface area contributed by atoms with Crippen molar-refractivity contribution in [2.24, 2.45) is 0 Å². The van der Waals surface area contributed by atoms with Crippen LogP contribution in [-0.2, 0) is 11.3 Å². The molecule has 120 valence electrons. The zero-order chi connectivity index (χ0) is 15.8. The molecule has 7 nitrogen and oxygen atoms in total. The van der Waals surface area contributed by atoms with E-state index < -0.39 is 0 Å². The molecule has 0 bridgehead atoms. The van der Waals surface area contributed by atoms with E-state index in [2.05, 4.69) is 20.3 Å². The van der Waals surface area contributed by atoms with Gasteiger partial charge in [0.15, 0.2) is 0 Å². The highest BCUT2D eigenvalue weighted by atomic mass is 32.1. The molecule has 4 rings (SSSR count). The average Bonchev–Trinajstić information content (AvgIpc) is 2.90. The molecule has 0 unspecified atom stereocenters. The summed E-state index contributed by atoms with van der Waals surface area (Å²) in [5.74, 6) is 0.785. The number of fused-ring (bicyclic) bond motifs is 3. The van der Waals surface area contributed by atoms with Crippen LogP contribution < -0.4 is 10.9 Å². The van der Waals surface area contributed by atoms with E-state index in [0.717, 1.165) is 28.9 Å². The van der Waals surface area contributed by atoms with Crippen molar-refractivity contribution < 1.29 is 4.74 Å². The molecule has 0 radical (unpaired) electrons. The maximum absolute atomic E-state index is 12.6. The Kier molecular flexibility index (Phi) is 3.70. The lowest BCUT2D eigenvalue weighted by atomic mass is 9.93. The minimum absolute atomic E-state index is 0.0513. The number of methoxy groups -OCH3 is 1. The monoisotopic (exact) mass is 331 g/mol. The number of aromatic nitrogens is 4. The van der Waals surface area contributed by atoms with Gasteiger partial charge in [0.25, 0.3) is 5.56 Å². The smallest absolute Gasteiger partial charge is 0.271 e. The molecule has 3 aromatic rings. The van der Waals surface area contributed by atoms with Gasteiger partial charge in [-0.05, 0) is 19.3 Å². The molecule has 0 aliphatic heterocycles. The van der Waals surface area contributed by atoms with Gasteiger partial charge in [-0.2, -0.15) is 0 Å². The lowest BCUT2D eigenvalue weighted by Gasteiger charge is -2.27. The third kappa shape index (κ3) is 2.47. The second kappa shape index (κ2) is 5.86. The van der Waals surface area contributed by atoms with Crippen molar-refractivity contribution in [2.45, 2.75) is 31.8 Å². The molecule has 0 atom stereocenters. The third-order valence-electron chi connectivity index (χ3n) is 4.23. The van der Waals surface area contributed by atoms with Gasteiger partial charge in [0.05, 0.1) is 24.9 Å². The Labute approximate surface area is 136 Å². The zero-order valence-corrected chi connectivity index (χ0v) is 13.6. The van der Waals surface area contributed by atoms with Crippen LogP contribution >= 0.6 is 11.3 Å². The molecular weight excluding hydrogens is 314 g/mol. The van der Waals surface area contributed by atoms with E-state index in [1.807, 2.05) is 0 Å². The number of rotatable bonds is 5. The summed E-state index contributed by atoms with van der Waals surface area (Å²) in [7, 11) is 1.62. The number of hydrogen-bond donors (Lipinski definition) is 1. The van der Waals surface area contributed by atoms with E-state index in [-0.39, 0.29) is 5.56 Å².